The average molecular weight is 579 g/mol. The van der Waals surface area contributed by atoms with Crippen LogP contribution in [0.4, 0.5) is 5.82 Å². The summed E-state index contributed by atoms with van der Waals surface area (Å²) in [7, 11) is -3.22. The van der Waals surface area contributed by atoms with Gasteiger partial charge in [0.1, 0.15) is 21.8 Å². The number of hydrogen-bond donors (Lipinski definition) is 0. The molecule has 0 radical (unpaired) electrons. The van der Waals surface area contributed by atoms with Crippen LogP contribution in [-0.2, 0) is 30.7 Å². The van der Waals surface area contributed by atoms with Crippen LogP contribution < -0.4 is 10.5 Å². The summed E-state index contributed by atoms with van der Waals surface area (Å²) >= 11 is 6.55. The molecule has 2 unspecified atom stereocenters. The highest BCUT2D eigenvalue weighted by molar-refractivity contribution is 8.26. The Hall–Kier alpha value is -2.69. The van der Waals surface area contributed by atoms with Gasteiger partial charge >= 0.3 is 5.97 Å². The van der Waals surface area contributed by atoms with Crippen LogP contribution in [0.2, 0.25) is 0 Å². The van der Waals surface area contributed by atoms with E-state index in [4.69, 9.17) is 17.0 Å². The molecule has 0 spiro atoms. The van der Waals surface area contributed by atoms with Crippen LogP contribution in [0.3, 0.4) is 0 Å². The number of thiocarbonyl (C=S) groups is 1. The van der Waals surface area contributed by atoms with Gasteiger partial charge < -0.3 is 9.64 Å². The molecule has 4 rings (SSSR count). The summed E-state index contributed by atoms with van der Waals surface area (Å²) in [6.45, 7) is 6.72. The third-order valence-electron chi connectivity index (χ3n) is 7.18. The fourth-order valence-corrected chi connectivity index (χ4v) is 8.39. The summed E-state index contributed by atoms with van der Waals surface area (Å²) in [5, 5.41) is 9.79. The van der Waals surface area contributed by atoms with Gasteiger partial charge in [-0.2, -0.15) is 5.26 Å². The number of carbonyl (C=O) groups excluding carboxylic acids is 2. The molecule has 4 heterocycles. The van der Waals surface area contributed by atoms with Gasteiger partial charge in [0, 0.05) is 25.2 Å². The summed E-state index contributed by atoms with van der Waals surface area (Å²) in [6, 6.07) is 1.50. The number of thioether (sulfide) groups is 1. The van der Waals surface area contributed by atoms with Crippen molar-refractivity contribution in [2.24, 2.45) is 5.92 Å². The second-order valence-corrected chi connectivity index (χ2v) is 13.4. The first-order valence-corrected chi connectivity index (χ1v) is 15.6. The minimum atomic E-state index is -3.22. The maximum Gasteiger partial charge on any atom is 0.310 e. The SMILES string of the molecule is CCOC(=O)C1CCCN(c2c(/C=C3/SC(=S)N(C4CCS(=O)(=O)C4)C3=O)c(C)c(C#N)c(=O)n2CC)C1. The van der Waals surface area contributed by atoms with Gasteiger partial charge in [-0.1, -0.05) is 24.0 Å². The minimum Gasteiger partial charge on any atom is -0.466 e. The highest BCUT2D eigenvalue weighted by Gasteiger charge is 2.42. The molecule has 2 atom stereocenters. The van der Waals surface area contributed by atoms with Crippen molar-refractivity contribution in [3.63, 3.8) is 0 Å². The highest BCUT2D eigenvalue weighted by Crippen LogP contribution is 2.39. The molecule has 3 aliphatic heterocycles. The zero-order valence-electron chi connectivity index (χ0n) is 21.6. The van der Waals surface area contributed by atoms with E-state index in [9.17, 15) is 28.1 Å². The third kappa shape index (κ3) is 5.26. The van der Waals surface area contributed by atoms with Crippen molar-refractivity contribution >= 4 is 61.9 Å². The van der Waals surface area contributed by atoms with Crippen LogP contribution >= 0.6 is 24.0 Å². The standard InChI is InChI=1S/C25H30N4O6S3/c1-4-28-21(27-9-6-7-16(13-27)24(32)35-5-2)18(15(3)19(12-26)22(28)30)11-20-23(31)29(25(36)37-20)17-8-10-38(33,34)14-17/h11,16-17H,4-10,13-14H2,1-3H3/b20-11+. The molecule has 1 amide bonds. The summed E-state index contributed by atoms with van der Waals surface area (Å²) in [4.78, 5) is 42.9. The molecule has 0 aliphatic carbocycles. The number of hydrogen-bond acceptors (Lipinski definition) is 10. The first-order chi connectivity index (χ1) is 18.0. The van der Waals surface area contributed by atoms with E-state index in [-0.39, 0.29) is 52.3 Å². The highest BCUT2D eigenvalue weighted by atomic mass is 32.2. The lowest BCUT2D eigenvalue weighted by atomic mass is 9.96. The molecule has 3 aliphatic rings. The molecule has 0 saturated carbocycles. The zero-order valence-corrected chi connectivity index (χ0v) is 24.0. The van der Waals surface area contributed by atoms with Crippen LogP contribution in [0.25, 0.3) is 6.08 Å². The van der Waals surface area contributed by atoms with Crippen LogP contribution in [0.15, 0.2) is 9.70 Å². The first kappa shape index (κ1) is 28.3. The molecule has 0 bridgehead atoms. The number of carbonyl (C=O) groups is 2. The number of rotatable bonds is 6. The molecule has 1 aromatic heterocycles. The topological polar surface area (TPSA) is 130 Å². The van der Waals surface area contributed by atoms with E-state index in [1.165, 1.54) is 9.47 Å². The average Bonchev–Trinajstić information content (AvgIpc) is 3.37. The molecule has 3 saturated heterocycles. The Morgan fingerprint density at radius 2 is 2.03 bits per heavy atom. The number of amides is 1. The molecule has 3 fully saturated rings. The summed E-state index contributed by atoms with van der Waals surface area (Å²) < 4.78 is 31.1. The van der Waals surface area contributed by atoms with Crippen molar-refractivity contribution in [2.45, 2.75) is 52.6 Å². The lowest BCUT2D eigenvalue weighted by Crippen LogP contribution is -2.43. The second-order valence-electron chi connectivity index (χ2n) is 9.54. The number of esters is 1. The van der Waals surface area contributed by atoms with Gasteiger partial charge in [0.2, 0.25) is 0 Å². The van der Waals surface area contributed by atoms with Crippen LogP contribution in [0.1, 0.15) is 49.8 Å². The predicted octanol–water partition coefficient (Wildman–Crippen LogP) is 2.22. The van der Waals surface area contributed by atoms with E-state index in [0.29, 0.717) is 54.2 Å². The number of nitriles is 1. The Morgan fingerprint density at radius 1 is 1.29 bits per heavy atom. The largest absolute Gasteiger partial charge is 0.466 e. The lowest BCUT2D eigenvalue weighted by Gasteiger charge is -2.36. The van der Waals surface area contributed by atoms with E-state index in [1.54, 1.807) is 26.8 Å². The molecule has 13 heteroatoms. The van der Waals surface area contributed by atoms with Gasteiger partial charge in [-0.15, -0.1) is 0 Å². The van der Waals surface area contributed by atoms with E-state index in [2.05, 4.69) is 0 Å². The molecule has 0 N–H and O–H groups in total. The van der Waals surface area contributed by atoms with E-state index >= 15 is 0 Å². The van der Waals surface area contributed by atoms with Crippen molar-refractivity contribution < 1.29 is 22.7 Å². The van der Waals surface area contributed by atoms with Crippen molar-refractivity contribution in [1.82, 2.24) is 9.47 Å². The normalized spacial score (nSPS) is 24.2. The Morgan fingerprint density at radius 3 is 2.63 bits per heavy atom. The Bertz CT molecular complexity index is 1430. The van der Waals surface area contributed by atoms with Crippen LogP contribution in [0.5, 0.6) is 0 Å². The van der Waals surface area contributed by atoms with Gasteiger partial charge in [-0.05, 0) is 51.7 Å². The quantitative estimate of drug-likeness (QED) is 0.281. The number of sulfone groups is 1. The maximum atomic E-state index is 13.5. The van der Waals surface area contributed by atoms with E-state index in [1.807, 2.05) is 11.0 Å². The minimum absolute atomic E-state index is 0.0145. The van der Waals surface area contributed by atoms with Crippen molar-refractivity contribution in [2.75, 3.05) is 36.1 Å². The number of ether oxygens (including phenoxy) is 1. The Kier molecular flexibility index (Phi) is 8.34. The molecule has 10 nitrogen and oxygen atoms in total. The fourth-order valence-electron chi connectivity index (χ4n) is 5.30. The molecule has 38 heavy (non-hydrogen) atoms. The summed E-state index contributed by atoms with van der Waals surface area (Å²) in [6.07, 6.45) is 3.35. The summed E-state index contributed by atoms with van der Waals surface area (Å²) in [5.74, 6) is -0.614. The number of nitrogens with zero attached hydrogens (tertiary/aromatic N) is 4. The van der Waals surface area contributed by atoms with Gasteiger partial charge in [0.15, 0.2) is 9.84 Å². The van der Waals surface area contributed by atoms with Crippen LogP contribution in [-0.4, -0.2) is 71.3 Å². The van der Waals surface area contributed by atoms with Gasteiger partial charge in [-0.3, -0.25) is 23.9 Å². The van der Waals surface area contributed by atoms with E-state index < -0.39 is 21.4 Å². The first-order valence-electron chi connectivity index (χ1n) is 12.6. The third-order valence-corrected chi connectivity index (χ3v) is 10.3. The van der Waals surface area contributed by atoms with Gasteiger partial charge in [0.25, 0.3) is 11.5 Å². The zero-order chi connectivity index (χ0) is 27.8. The monoisotopic (exact) mass is 578 g/mol. The summed E-state index contributed by atoms with van der Waals surface area (Å²) in [5.41, 5.74) is 0.524. The second kappa shape index (κ2) is 11.2. The molecule has 204 valence electrons. The fraction of sp³-hybridized carbons (Fsp3) is 0.560. The smallest absolute Gasteiger partial charge is 0.310 e. The maximum absolute atomic E-state index is 13.5. The van der Waals surface area contributed by atoms with E-state index in [0.717, 1.165) is 11.8 Å². The lowest BCUT2D eigenvalue weighted by molar-refractivity contribution is -0.148. The molecular weight excluding hydrogens is 548 g/mol. The molecular formula is C25H30N4O6S3. The van der Waals surface area contributed by atoms with Crippen molar-refractivity contribution in [3.05, 3.63) is 31.9 Å². The van der Waals surface area contributed by atoms with Crippen LogP contribution in [0, 0.1) is 24.2 Å². The van der Waals surface area contributed by atoms with Gasteiger partial charge in [0.05, 0.1) is 35.0 Å². The Balaban J connectivity index is 1.81. The molecule has 1 aromatic rings. The number of aromatic nitrogens is 1. The molecule has 0 aromatic carbocycles. The Labute approximate surface area is 231 Å². The number of piperidine rings is 1. The number of pyridine rings is 1. The predicted molar refractivity (Wildman–Crippen MR) is 149 cm³/mol. The van der Waals surface area contributed by atoms with Crippen molar-refractivity contribution in [3.8, 4) is 6.07 Å². The van der Waals surface area contributed by atoms with Crippen molar-refractivity contribution in [1.29, 1.82) is 5.26 Å². The number of anilines is 1. The van der Waals surface area contributed by atoms with Gasteiger partial charge in [-0.25, -0.2) is 8.42 Å².